The standard InChI is InChI=1S/C10H12N2O3/c11-4-8(13)6-2-1-3-7-10(6)15-5-9(14)12-7/h1-3,8,13H,4-5,11H2,(H,12,14)/t8-/m1/s1. The van der Waals surface area contributed by atoms with Crippen LogP contribution >= 0.6 is 0 Å². The summed E-state index contributed by atoms with van der Waals surface area (Å²) in [5, 5.41) is 12.3. The Morgan fingerprint density at radius 3 is 3.13 bits per heavy atom. The molecule has 0 bridgehead atoms. The average molecular weight is 208 g/mol. The van der Waals surface area contributed by atoms with Crippen LogP contribution in [0.2, 0.25) is 0 Å². The first kappa shape index (κ1) is 9.95. The van der Waals surface area contributed by atoms with Crippen molar-refractivity contribution in [1.82, 2.24) is 0 Å². The van der Waals surface area contributed by atoms with Crippen LogP contribution in [0.4, 0.5) is 5.69 Å². The van der Waals surface area contributed by atoms with Crippen molar-refractivity contribution in [3.8, 4) is 5.75 Å². The van der Waals surface area contributed by atoms with E-state index in [0.717, 1.165) is 0 Å². The van der Waals surface area contributed by atoms with Crippen LogP contribution in [0, 0.1) is 0 Å². The lowest BCUT2D eigenvalue weighted by molar-refractivity contribution is -0.118. The first-order valence-corrected chi connectivity index (χ1v) is 4.66. The van der Waals surface area contributed by atoms with Crippen LogP contribution in [0.1, 0.15) is 11.7 Å². The van der Waals surface area contributed by atoms with Gasteiger partial charge in [0.15, 0.2) is 6.61 Å². The molecule has 15 heavy (non-hydrogen) atoms. The number of fused-ring (bicyclic) bond motifs is 1. The summed E-state index contributed by atoms with van der Waals surface area (Å²) in [7, 11) is 0. The number of carbonyl (C=O) groups is 1. The minimum absolute atomic E-state index is 0.0265. The van der Waals surface area contributed by atoms with Crippen LogP contribution in [-0.4, -0.2) is 24.2 Å². The van der Waals surface area contributed by atoms with Crippen molar-refractivity contribution in [2.75, 3.05) is 18.5 Å². The molecule has 1 amide bonds. The Balaban J connectivity index is 2.41. The summed E-state index contributed by atoms with van der Waals surface area (Å²) in [4.78, 5) is 11.1. The van der Waals surface area contributed by atoms with Gasteiger partial charge in [0, 0.05) is 12.1 Å². The summed E-state index contributed by atoms with van der Waals surface area (Å²) >= 11 is 0. The zero-order valence-corrected chi connectivity index (χ0v) is 8.06. The molecule has 1 aromatic carbocycles. The smallest absolute Gasteiger partial charge is 0.262 e. The highest BCUT2D eigenvalue weighted by Crippen LogP contribution is 2.34. The molecule has 0 spiro atoms. The molecule has 0 unspecified atom stereocenters. The lowest BCUT2D eigenvalue weighted by Gasteiger charge is -2.22. The number of carbonyl (C=O) groups excluding carboxylic acids is 1. The van der Waals surface area contributed by atoms with E-state index in [2.05, 4.69) is 5.32 Å². The fourth-order valence-corrected chi connectivity index (χ4v) is 1.53. The highest BCUT2D eigenvalue weighted by molar-refractivity contribution is 5.95. The largest absolute Gasteiger partial charge is 0.481 e. The molecule has 1 aliphatic rings. The number of rotatable bonds is 2. The number of aliphatic hydroxyl groups is 1. The number of hydrogen-bond donors (Lipinski definition) is 3. The van der Waals surface area contributed by atoms with E-state index in [1.165, 1.54) is 0 Å². The lowest BCUT2D eigenvalue weighted by Crippen LogP contribution is -2.26. The predicted molar refractivity (Wildman–Crippen MR) is 54.6 cm³/mol. The van der Waals surface area contributed by atoms with Crippen LogP contribution in [-0.2, 0) is 4.79 Å². The van der Waals surface area contributed by atoms with E-state index in [0.29, 0.717) is 17.0 Å². The molecule has 1 aromatic rings. The van der Waals surface area contributed by atoms with E-state index in [9.17, 15) is 9.90 Å². The molecule has 1 aliphatic heterocycles. The van der Waals surface area contributed by atoms with Crippen molar-refractivity contribution < 1.29 is 14.6 Å². The zero-order valence-electron chi connectivity index (χ0n) is 8.06. The van der Waals surface area contributed by atoms with Crippen molar-refractivity contribution in [3.05, 3.63) is 23.8 Å². The third-order valence-electron chi connectivity index (χ3n) is 2.25. The quantitative estimate of drug-likeness (QED) is 0.639. The van der Waals surface area contributed by atoms with Gasteiger partial charge in [-0.1, -0.05) is 12.1 Å². The number of nitrogens with one attached hydrogen (secondary N) is 1. The van der Waals surface area contributed by atoms with Gasteiger partial charge in [0.2, 0.25) is 0 Å². The number of nitrogens with two attached hydrogens (primary N) is 1. The van der Waals surface area contributed by atoms with E-state index >= 15 is 0 Å². The van der Waals surface area contributed by atoms with Gasteiger partial charge < -0.3 is 20.9 Å². The monoisotopic (exact) mass is 208 g/mol. The highest BCUT2D eigenvalue weighted by atomic mass is 16.5. The Morgan fingerprint density at radius 1 is 1.60 bits per heavy atom. The van der Waals surface area contributed by atoms with Crippen LogP contribution in [0.5, 0.6) is 5.75 Å². The number of hydrogen-bond acceptors (Lipinski definition) is 4. The average Bonchev–Trinajstić information content (AvgIpc) is 2.26. The third kappa shape index (κ3) is 1.79. The summed E-state index contributed by atoms with van der Waals surface area (Å²) in [6, 6.07) is 5.19. The maximum atomic E-state index is 11.1. The minimum Gasteiger partial charge on any atom is -0.481 e. The van der Waals surface area contributed by atoms with Gasteiger partial charge in [-0.2, -0.15) is 0 Å². The molecular weight excluding hydrogens is 196 g/mol. The van der Waals surface area contributed by atoms with Crippen molar-refractivity contribution in [2.24, 2.45) is 5.73 Å². The number of anilines is 1. The number of ether oxygens (including phenoxy) is 1. The maximum absolute atomic E-state index is 11.1. The van der Waals surface area contributed by atoms with Gasteiger partial charge >= 0.3 is 0 Å². The SMILES string of the molecule is NC[C@@H](O)c1cccc2c1OCC(=O)N2. The molecule has 80 valence electrons. The van der Waals surface area contributed by atoms with E-state index in [4.69, 9.17) is 10.5 Å². The zero-order chi connectivity index (χ0) is 10.8. The molecule has 0 saturated carbocycles. The molecule has 5 nitrogen and oxygen atoms in total. The fraction of sp³-hybridized carbons (Fsp3) is 0.300. The maximum Gasteiger partial charge on any atom is 0.262 e. The Bertz CT molecular complexity index is 392. The Labute approximate surface area is 86.8 Å². The predicted octanol–water partition coefficient (Wildman–Crippen LogP) is 0.00960. The molecule has 0 aliphatic carbocycles. The van der Waals surface area contributed by atoms with E-state index < -0.39 is 6.10 Å². The second kappa shape index (κ2) is 3.88. The van der Waals surface area contributed by atoms with E-state index in [1.54, 1.807) is 18.2 Å². The molecule has 1 heterocycles. The Morgan fingerprint density at radius 2 is 2.40 bits per heavy atom. The van der Waals surface area contributed by atoms with Crippen molar-refractivity contribution >= 4 is 11.6 Å². The van der Waals surface area contributed by atoms with Crippen molar-refractivity contribution in [2.45, 2.75) is 6.10 Å². The minimum atomic E-state index is -0.769. The van der Waals surface area contributed by atoms with Gasteiger partial charge in [0.1, 0.15) is 5.75 Å². The fourth-order valence-electron chi connectivity index (χ4n) is 1.53. The summed E-state index contributed by atoms with van der Waals surface area (Å²) < 4.78 is 5.26. The van der Waals surface area contributed by atoms with Crippen molar-refractivity contribution in [1.29, 1.82) is 0 Å². The lowest BCUT2D eigenvalue weighted by atomic mass is 10.1. The third-order valence-corrected chi connectivity index (χ3v) is 2.25. The number of para-hydroxylation sites is 1. The highest BCUT2D eigenvalue weighted by Gasteiger charge is 2.21. The van der Waals surface area contributed by atoms with E-state index in [1.807, 2.05) is 0 Å². The molecule has 1 atom stereocenters. The number of aliphatic hydroxyl groups excluding tert-OH is 1. The van der Waals surface area contributed by atoms with Crippen LogP contribution < -0.4 is 15.8 Å². The molecule has 2 rings (SSSR count). The number of amides is 1. The Kier molecular flexibility index (Phi) is 2.57. The van der Waals surface area contributed by atoms with Gasteiger partial charge in [-0.15, -0.1) is 0 Å². The molecule has 4 N–H and O–H groups in total. The molecule has 0 fully saturated rings. The van der Waals surface area contributed by atoms with Gasteiger partial charge in [-0.25, -0.2) is 0 Å². The van der Waals surface area contributed by atoms with Gasteiger partial charge in [0.25, 0.3) is 5.91 Å². The molecule has 0 saturated heterocycles. The van der Waals surface area contributed by atoms with Gasteiger partial charge in [-0.05, 0) is 6.07 Å². The first-order chi connectivity index (χ1) is 7.22. The Hall–Kier alpha value is -1.59. The molecule has 0 radical (unpaired) electrons. The first-order valence-electron chi connectivity index (χ1n) is 4.66. The normalized spacial score (nSPS) is 16.3. The molecule has 5 heteroatoms. The molecule has 0 aromatic heterocycles. The summed E-state index contributed by atoms with van der Waals surface area (Å²) in [5.74, 6) is 0.317. The van der Waals surface area contributed by atoms with Crippen molar-refractivity contribution in [3.63, 3.8) is 0 Å². The summed E-state index contributed by atoms with van der Waals surface area (Å²) in [6.45, 7) is 0.0923. The number of benzene rings is 1. The van der Waals surface area contributed by atoms with Crippen LogP contribution in [0.25, 0.3) is 0 Å². The van der Waals surface area contributed by atoms with Crippen LogP contribution in [0.15, 0.2) is 18.2 Å². The molecular formula is C10H12N2O3. The van der Waals surface area contributed by atoms with Gasteiger partial charge in [0.05, 0.1) is 11.8 Å². The van der Waals surface area contributed by atoms with E-state index in [-0.39, 0.29) is 19.1 Å². The summed E-state index contributed by atoms with van der Waals surface area (Å²) in [6.07, 6.45) is -0.769. The summed E-state index contributed by atoms with van der Waals surface area (Å²) in [5.41, 5.74) is 6.56. The van der Waals surface area contributed by atoms with Gasteiger partial charge in [-0.3, -0.25) is 4.79 Å². The second-order valence-electron chi connectivity index (χ2n) is 3.31. The second-order valence-corrected chi connectivity index (χ2v) is 3.31. The topological polar surface area (TPSA) is 84.6 Å². The van der Waals surface area contributed by atoms with Crippen LogP contribution in [0.3, 0.4) is 0 Å².